The Morgan fingerprint density at radius 1 is 1.27 bits per heavy atom. The standard InChI is InChI=1S/C17H34N4O/c1-3-18-17(20(2)14-16-8-13-22-15-16)19-9-12-21-10-6-4-5-7-11-21/h16H,3-15H2,1-2H3,(H,18,19). The Morgan fingerprint density at radius 2 is 2.05 bits per heavy atom. The van der Waals surface area contributed by atoms with E-state index in [1.807, 2.05) is 0 Å². The van der Waals surface area contributed by atoms with Crippen LogP contribution in [0.5, 0.6) is 0 Å². The van der Waals surface area contributed by atoms with E-state index in [0.29, 0.717) is 5.92 Å². The SMILES string of the molecule is CCNC(=NCCN1CCCCCC1)N(C)CC1CCOC1. The maximum Gasteiger partial charge on any atom is 0.193 e. The van der Waals surface area contributed by atoms with Crippen LogP contribution in [0.4, 0.5) is 0 Å². The maximum atomic E-state index is 5.48. The zero-order valence-corrected chi connectivity index (χ0v) is 14.5. The second-order valence-corrected chi connectivity index (χ2v) is 6.60. The molecule has 0 aromatic rings. The highest BCUT2D eigenvalue weighted by Crippen LogP contribution is 2.13. The lowest BCUT2D eigenvalue weighted by molar-refractivity contribution is 0.181. The van der Waals surface area contributed by atoms with Crippen molar-refractivity contribution < 1.29 is 4.74 Å². The van der Waals surface area contributed by atoms with Gasteiger partial charge in [0, 0.05) is 39.2 Å². The van der Waals surface area contributed by atoms with Gasteiger partial charge in [-0.05, 0) is 39.3 Å². The van der Waals surface area contributed by atoms with Crippen LogP contribution in [-0.4, -0.2) is 75.3 Å². The summed E-state index contributed by atoms with van der Waals surface area (Å²) in [6.45, 7) is 10.4. The molecule has 1 unspecified atom stereocenters. The average molecular weight is 310 g/mol. The number of aliphatic imine (C=N–C) groups is 1. The summed E-state index contributed by atoms with van der Waals surface area (Å²) in [6, 6.07) is 0. The minimum atomic E-state index is 0.652. The molecular weight excluding hydrogens is 276 g/mol. The number of nitrogens with one attached hydrogen (secondary N) is 1. The Balaban J connectivity index is 1.77. The van der Waals surface area contributed by atoms with Crippen molar-refractivity contribution in [3.63, 3.8) is 0 Å². The highest BCUT2D eigenvalue weighted by Gasteiger charge is 2.19. The normalized spacial score (nSPS) is 24.3. The quantitative estimate of drug-likeness (QED) is 0.600. The van der Waals surface area contributed by atoms with Gasteiger partial charge in [-0.1, -0.05) is 12.8 Å². The van der Waals surface area contributed by atoms with Gasteiger partial charge in [0.15, 0.2) is 5.96 Å². The van der Waals surface area contributed by atoms with E-state index < -0.39 is 0 Å². The topological polar surface area (TPSA) is 40.1 Å². The lowest BCUT2D eigenvalue weighted by atomic mass is 10.1. The fraction of sp³-hybridized carbons (Fsp3) is 0.941. The summed E-state index contributed by atoms with van der Waals surface area (Å²) in [7, 11) is 2.14. The zero-order valence-electron chi connectivity index (χ0n) is 14.5. The fourth-order valence-electron chi connectivity index (χ4n) is 3.33. The van der Waals surface area contributed by atoms with E-state index in [9.17, 15) is 0 Å². The highest BCUT2D eigenvalue weighted by atomic mass is 16.5. The highest BCUT2D eigenvalue weighted by molar-refractivity contribution is 5.79. The molecule has 0 aromatic carbocycles. The van der Waals surface area contributed by atoms with E-state index in [1.165, 1.54) is 45.2 Å². The second kappa shape index (κ2) is 10.1. The van der Waals surface area contributed by atoms with Gasteiger partial charge in [-0.2, -0.15) is 0 Å². The number of ether oxygens (including phenoxy) is 1. The van der Waals surface area contributed by atoms with Crippen LogP contribution < -0.4 is 5.32 Å². The minimum absolute atomic E-state index is 0.652. The van der Waals surface area contributed by atoms with Crippen LogP contribution in [0.2, 0.25) is 0 Å². The molecule has 0 radical (unpaired) electrons. The van der Waals surface area contributed by atoms with E-state index in [0.717, 1.165) is 45.4 Å². The third kappa shape index (κ3) is 6.13. The summed E-state index contributed by atoms with van der Waals surface area (Å²) < 4.78 is 5.48. The van der Waals surface area contributed by atoms with Crippen LogP contribution in [0.3, 0.4) is 0 Å². The minimum Gasteiger partial charge on any atom is -0.381 e. The molecule has 22 heavy (non-hydrogen) atoms. The van der Waals surface area contributed by atoms with Crippen molar-refractivity contribution in [1.29, 1.82) is 0 Å². The first-order chi connectivity index (χ1) is 10.8. The van der Waals surface area contributed by atoms with Gasteiger partial charge in [-0.15, -0.1) is 0 Å². The number of hydrogen-bond acceptors (Lipinski definition) is 3. The second-order valence-electron chi connectivity index (χ2n) is 6.60. The summed E-state index contributed by atoms with van der Waals surface area (Å²) in [5, 5.41) is 3.42. The Labute approximate surface area is 136 Å². The van der Waals surface area contributed by atoms with Crippen molar-refractivity contribution >= 4 is 5.96 Å². The van der Waals surface area contributed by atoms with Crippen molar-refractivity contribution in [3.05, 3.63) is 0 Å². The zero-order chi connectivity index (χ0) is 15.6. The van der Waals surface area contributed by atoms with Crippen molar-refractivity contribution in [2.24, 2.45) is 10.9 Å². The average Bonchev–Trinajstić information content (AvgIpc) is 2.88. The maximum absolute atomic E-state index is 5.48. The van der Waals surface area contributed by atoms with Gasteiger partial charge in [0.25, 0.3) is 0 Å². The van der Waals surface area contributed by atoms with Crippen molar-refractivity contribution in [2.75, 3.05) is 59.5 Å². The molecule has 2 aliphatic heterocycles. The molecule has 2 fully saturated rings. The first-order valence-electron chi connectivity index (χ1n) is 9.09. The first-order valence-corrected chi connectivity index (χ1v) is 9.09. The summed E-state index contributed by atoms with van der Waals surface area (Å²) in [5.41, 5.74) is 0. The largest absolute Gasteiger partial charge is 0.381 e. The van der Waals surface area contributed by atoms with E-state index in [2.05, 4.69) is 29.1 Å². The van der Waals surface area contributed by atoms with Crippen LogP contribution in [0.25, 0.3) is 0 Å². The van der Waals surface area contributed by atoms with Crippen molar-refractivity contribution in [3.8, 4) is 0 Å². The lowest BCUT2D eigenvalue weighted by Gasteiger charge is -2.25. The molecular formula is C17H34N4O. The Hall–Kier alpha value is -0.810. The van der Waals surface area contributed by atoms with Crippen LogP contribution in [0.1, 0.15) is 39.0 Å². The van der Waals surface area contributed by atoms with E-state index >= 15 is 0 Å². The Morgan fingerprint density at radius 3 is 2.68 bits per heavy atom. The molecule has 1 atom stereocenters. The van der Waals surface area contributed by atoms with Crippen molar-refractivity contribution in [2.45, 2.75) is 39.0 Å². The molecule has 0 saturated carbocycles. The van der Waals surface area contributed by atoms with Gasteiger partial charge in [-0.3, -0.25) is 4.99 Å². The molecule has 5 nitrogen and oxygen atoms in total. The van der Waals surface area contributed by atoms with Crippen LogP contribution >= 0.6 is 0 Å². The molecule has 0 bridgehead atoms. The van der Waals surface area contributed by atoms with Gasteiger partial charge < -0.3 is 19.9 Å². The summed E-state index contributed by atoms with van der Waals surface area (Å²) in [4.78, 5) is 9.67. The Bertz CT molecular complexity index is 321. The number of nitrogens with zero attached hydrogens (tertiary/aromatic N) is 3. The molecule has 1 N–H and O–H groups in total. The van der Waals surface area contributed by atoms with Gasteiger partial charge in [0.1, 0.15) is 0 Å². The Kier molecular flexibility index (Phi) is 8.02. The van der Waals surface area contributed by atoms with Gasteiger partial charge in [-0.25, -0.2) is 0 Å². The summed E-state index contributed by atoms with van der Waals surface area (Å²) >= 11 is 0. The molecule has 128 valence electrons. The number of rotatable bonds is 6. The predicted molar refractivity (Wildman–Crippen MR) is 92.4 cm³/mol. The monoisotopic (exact) mass is 310 g/mol. The molecule has 0 aromatic heterocycles. The summed E-state index contributed by atoms with van der Waals surface area (Å²) in [5.74, 6) is 1.70. The van der Waals surface area contributed by atoms with Gasteiger partial charge >= 0.3 is 0 Å². The predicted octanol–water partition coefficient (Wildman–Crippen LogP) is 1.80. The molecule has 0 aliphatic carbocycles. The molecule has 2 rings (SSSR count). The van der Waals surface area contributed by atoms with Crippen LogP contribution in [0, 0.1) is 5.92 Å². The van der Waals surface area contributed by atoms with Gasteiger partial charge in [0.2, 0.25) is 0 Å². The molecule has 2 saturated heterocycles. The fourth-order valence-corrected chi connectivity index (χ4v) is 3.33. The third-order valence-electron chi connectivity index (χ3n) is 4.63. The number of hydrogen-bond donors (Lipinski definition) is 1. The van der Waals surface area contributed by atoms with E-state index in [-0.39, 0.29) is 0 Å². The van der Waals surface area contributed by atoms with E-state index in [1.54, 1.807) is 0 Å². The lowest BCUT2D eigenvalue weighted by Crippen LogP contribution is -2.42. The number of guanidine groups is 1. The molecule has 5 heteroatoms. The molecule has 2 aliphatic rings. The smallest absolute Gasteiger partial charge is 0.193 e. The summed E-state index contributed by atoms with van der Waals surface area (Å²) in [6.07, 6.45) is 6.68. The third-order valence-corrected chi connectivity index (χ3v) is 4.63. The molecule has 0 spiro atoms. The first kappa shape index (κ1) is 17.5. The van der Waals surface area contributed by atoms with E-state index in [4.69, 9.17) is 9.73 Å². The van der Waals surface area contributed by atoms with Crippen molar-refractivity contribution in [1.82, 2.24) is 15.1 Å². The van der Waals surface area contributed by atoms with Crippen LogP contribution in [-0.2, 0) is 4.74 Å². The van der Waals surface area contributed by atoms with Gasteiger partial charge in [0.05, 0.1) is 13.2 Å². The molecule has 2 heterocycles. The van der Waals surface area contributed by atoms with Crippen LogP contribution in [0.15, 0.2) is 4.99 Å². The number of likely N-dealkylation sites (tertiary alicyclic amines) is 1. The molecule has 0 amide bonds.